The van der Waals surface area contributed by atoms with Gasteiger partial charge < -0.3 is 15.3 Å². The van der Waals surface area contributed by atoms with Crippen molar-refractivity contribution in [3.63, 3.8) is 0 Å². The van der Waals surface area contributed by atoms with Crippen LogP contribution in [0.1, 0.15) is 17.3 Å². The monoisotopic (exact) mass is 316 g/mol. The van der Waals surface area contributed by atoms with Crippen molar-refractivity contribution in [2.75, 3.05) is 24.4 Å². The van der Waals surface area contributed by atoms with Gasteiger partial charge in [0.2, 0.25) is 0 Å². The Bertz CT molecular complexity index is 510. The Morgan fingerprint density at radius 2 is 2.15 bits per heavy atom. The second kappa shape index (κ2) is 7.40. The second-order valence-electron chi connectivity index (χ2n) is 4.35. The second-order valence-corrected chi connectivity index (χ2v) is 5.66. The summed E-state index contributed by atoms with van der Waals surface area (Å²) < 4.78 is 0. The number of carbonyl (C=O) groups is 2. The number of nitrogens with one attached hydrogen (secondary N) is 1. The molecule has 0 aliphatic carbocycles. The molecule has 0 aromatic heterocycles. The van der Waals surface area contributed by atoms with Gasteiger partial charge in [-0.2, -0.15) is 11.8 Å². The van der Waals surface area contributed by atoms with Gasteiger partial charge >= 0.3 is 12.0 Å². The highest BCUT2D eigenvalue weighted by atomic mass is 35.5. The number of hydrogen-bond acceptors (Lipinski definition) is 3. The van der Waals surface area contributed by atoms with E-state index in [0.717, 1.165) is 5.75 Å². The molecule has 0 aliphatic heterocycles. The van der Waals surface area contributed by atoms with Gasteiger partial charge in [-0.1, -0.05) is 11.6 Å². The summed E-state index contributed by atoms with van der Waals surface area (Å²) in [6, 6.07) is 4.14. The molecular formula is C13H17ClN2O3S. The Kier molecular flexibility index (Phi) is 6.16. The van der Waals surface area contributed by atoms with Crippen LogP contribution < -0.4 is 5.32 Å². The maximum atomic E-state index is 12.0. The molecule has 2 N–H and O–H groups in total. The molecule has 1 aromatic rings. The number of halogens is 1. The summed E-state index contributed by atoms with van der Waals surface area (Å²) in [4.78, 5) is 24.4. The molecule has 0 bridgehead atoms. The third kappa shape index (κ3) is 4.31. The normalized spacial score (nSPS) is 11.8. The number of carbonyl (C=O) groups excluding carboxylic acids is 1. The Labute approximate surface area is 127 Å². The number of amides is 2. The average Bonchev–Trinajstić information content (AvgIpc) is 2.37. The Hall–Kier alpha value is -1.40. The quantitative estimate of drug-likeness (QED) is 0.875. The van der Waals surface area contributed by atoms with Gasteiger partial charge in [0.1, 0.15) is 0 Å². The van der Waals surface area contributed by atoms with Gasteiger partial charge in [-0.15, -0.1) is 0 Å². The van der Waals surface area contributed by atoms with Crippen molar-refractivity contribution in [2.24, 2.45) is 0 Å². The highest BCUT2D eigenvalue weighted by Gasteiger charge is 2.16. The molecule has 1 atom stereocenters. The van der Waals surface area contributed by atoms with Crippen molar-refractivity contribution >= 4 is 41.1 Å². The van der Waals surface area contributed by atoms with Crippen molar-refractivity contribution in [2.45, 2.75) is 13.0 Å². The summed E-state index contributed by atoms with van der Waals surface area (Å²) in [5.74, 6) is -0.263. The first-order valence-corrected chi connectivity index (χ1v) is 7.69. The van der Waals surface area contributed by atoms with Gasteiger partial charge in [-0.25, -0.2) is 9.59 Å². The van der Waals surface area contributed by atoms with Gasteiger partial charge in [0, 0.05) is 24.5 Å². The fraction of sp³-hybridized carbons (Fsp3) is 0.385. The molecule has 0 fully saturated rings. The first-order valence-electron chi connectivity index (χ1n) is 5.92. The van der Waals surface area contributed by atoms with Crippen molar-refractivity contribution in [1.29, 1.82) is 0 Å². The van der Waals surface area contributed by atoms with Crippen molar-refractivity contribution in [3.8, 4) is 0 Å². The molecule has 110 valence electrons. The van der Waals surface area contributed by atoms with Crippen LogP contribution in [0.4, 0.5) is 10.5 Å². The molecule has 1 rings (SSSR count). The van der Waals surface area contributed by atoms with Crippen LogP contribution in [0.3, 0.4) is 0 Å². The molecule has 1 aromatic carbocycles. The molecule has 20 heavy (non-hydrogen) atoms. The molecule has 7 heteroatoms. The minimum Gasteiger partial charge on any atom is -0.478 e. The van der Waals surface area contributed by atoms with Crippen LogP contribution >= 0.6 is 23.4 Å². The van der Waals surface area contributed by atoms with Gasteiger partial charge in [0.05, 0.1) is 10.6 Å². The fourth-order valence-corrected chi connectivity index (χ4v) is 2.50. The number of anilines is 1. The molecule has 0 spiro atoms. The number of hydrogen-bond donors (Lipinski definition) is 2. The van der Waals surface area contributed by atoms with E-state index < -0.39 is 5.97 Å². The van der Waals surface area contributed by atoms with Gasteiger partial charge in [0.15, 0.2) is 0 Å². The first kappa shape index (κ1) is 16.7. The molecule has 0 saturated carbocycles. The molecule has 0 aliphatic rings. The van der Waals surface area contributed by atoms with Crippen molar-refractivity contribution in [3.05, 3.63) is 28.8 Å². The number of urea groups is 1. The van der Waals surface area contributed by atoms with Crippen LogP contribution in [0.25, 0.3) is 0 Å². The molecule has 1 unspecified atom stereocenters. The highest BCUT2D eigenvalue weighted by Crippen LogP contribution is 2.21. The van der Waals surface area contributed by atoms with Crippen LogP contribution in [0.2, 0.25) is 5.02 Å². The predicted octanol–water partition coefficient (Wildman–Crippen LogP) is 3.25. The zero-order valence-corrected chi connectivity index (χ0v) is 13.1. The van der Waals surface area contributed by atoms with E-state index >= 15 is 0 Å². The van der Waals surface area contributed by atoms with E-state index in [1.54, 1.807) is 23.7 Å². The molecule has 0 heterocycles. The Morgan fingerprint density at radius 3 is 2.65 bits per heavy atom. The third-order valence-corrected chi connectivity index (χ3v) is 3.97. The van der Waals surface area contributed by atoms with Crippen LogP contribution in [0.15, 0.2) is 18.2 Å². The summed E-state index contributed by atoms with van der Waals surface area (Å²) in [5.41, 5.74) is 0.474. The van der Waals surface area contributed by atoms with Crippen molar-refractivity contribution < 1.29 is 14.7 Å². The van der Waals surface area contributed by atoms with E-state index in [2.05, 4.69) is 5.32 Å². The van der Waals surface area contributed by atoms with Gasteiger partial charge in [0.25, 0.3) is 0 Å². The number of benzene rings is 1. The lowest BCUT2D eigenvalue weighted by molar-refractivity contribution is 0.0697. The lowest BCUT2D eigenvalue weighted by Gasteiger charge is -2.24. The number of thioether (sulfide) groups is 1. The Morgan fingerprint density at radius 1 is 1.50 bits per heavy atom. The molecule has 5 nitrogen and oxygen atoms in total. The SMILES string of the molecule is CSCC(C)N(C)C(=O)Nc1ccc(C(=O)O)c(Cl)c1. The van der Waals surface area contributed by atoms with Crippen LogP contribution in [-0.4, -0.2) is 47.1 Å². The summed E-state index contributed by atoms with van der Waals surface area (Å²) in [6.07, 6.45) is 1.98. The summed E-state index contributed by atoms with van der Waals surface area (Å²) in [5, 5.41) is 11.7. The molecule has 0 radical (unpaired) electrons. The fourth-order valence-electron chi connectivity index (χ4n) is 1.53. The van der Waals surface area contributed by atoms with Crippen LogP contribution in [-0.2, 0) is 0 Å². The number of carboxylic acid groups (broad SMARTS) is 1. The Balaban J connectivity index is 2.76. The number of nitrogens with zero attached hydrogens (tertiary/aromatic N) is 1. The standard InChI is InChI=1S/C13H17ClN2O3S/c1-8(7-20-3)16(2)13(19)15-9-4-5-10(12(17)18)11(14)6-9/h4-6,8H,7H2,1-3H3,(H,15,19)(H,17,18). The van der Waals surface area contributed by atoms with Gasteiger partial charge in [-0.05, 0) is 31.4 Å². The van der Waals surface area contributed by atoms with E-state index in [9.17, 15) is 9.59 Å². The molecular weight excluding hydrogens is 300 g/mol. The summed E-state index contributed by atoms with van der Waals surface area (Å²) in [7, 11) is 1.71. The predicted molar refractivity (Wildman–Crippen MR) is 83.0 cm³/mol. The van der Waals surface area contributed by atoms with Crippen molar-refractivity contribution in [1.82, 2.24) is 4.90 Å². The molecule has 0 saturated heterocycles. The number of carboxylic acids is 1. The molecule has 2 amide bonds. The first-order chi connectivity index (χ1) is 9.36. The van der Waals surface area contributed by atoms with E-state index in [0.29, 0.717) is 5.69 Å². The van der Waals surface area contributed by atoms with Gasteiger partial charge in [-0.3, -0.25) is 0 Å². The van der Waals surface area contributed by atoms with Crippen LogP contribution in [0.5, 0.6) is 0 Å². The largest absolute Gasteiger partial charge is 0.478 e. The zero-order valence-electron chi connectivity index (χ0n) is 11.5. The maximum Gasteiger partial charge on any atom is 0.337 e. The van der Waals surface area contributed by atoms with E-state index in [1.165, 1.54) is 18.2 Å². The minimum absolute atomic E-state index is 0.00812. The summed E-state index contributed by atoms with van der Waals surface area (Å²) in [6.45, 7) is 1.95. The highest BCUT2D eigenvalue weighted by molar-refractivity contribution is 7.98. The topological polar surface area (TPSA) is 69.6 Å². The smallest absolute Gasteiger partial charge is 0.337 e. The van der Waals surface area contributed by atoms with Crippen LogP contribution in [0, 0.1) is 0 Å². The third-order valence-electron chi connectivity index (χ3n) is 2.84. The average molecular weight is 317 g/mol. The van der Waals surface area contributed by atoms with E-state index in [1.807, 2.05) is 13.2 Å². The summed E-state index contributed by atoms with van der Waals surface area (Å²) >= 11 is 7.51. The zero-order chi connectivity index (χ0) is 15.3. The minimum atomic E-state index is -1.10. The van der Waals surface area contributed by atoms with E-state index in [4.69, 9.17) is 16.7 Å². The lowest BCUT2D eigenvalue weighted by atomic mass is 10.2. The number of aromatic carboxylic acids is 1. The maximum absolute atomic E-state index is 12.0. The van der Waals surface area contributed by atoms with E-state index in [-0.39, 0.29) is 22.7 Å². The number of rotatable bonds is 5. The lowest BCUT2D eigenvalue weighted by Crippen LogP contribution is -2.39.